The SMILES string of the molecule is CCC(C)C(N)C(=O)NC(Cc1ccc(O)cc1)C(=O)NCC(=O)NC(Cc1cnc[nH]1)C(=O)O. The van der Waals surface area contributed by atoms with Crippen LogP contribution in [0.3, 0.4) is 0 Å². The zero-order valence-corrected chi connectivity index (χ0v) is 19.7. The Balaban J connectivity index is 2.02. The number of H-pyrrole nitrogens is 1. The lowest BCUT2D eigenvalue weighted by atomic mass is 9.98. The van der Waals surface area contributed by atoms with E-state index in [1.807, 2.05) is 13.8 Å². The van der Waals surface area contributed by atoms with Gasteiger partial charge in [-0.15, -0.1) is 0 Å². The van der Waals surface area contributed by atoms with Gasteiger partial charge in [0.15, 0.2) is 0 Å². The van der Waals surface area contributed by atoms with Gasteiger partial charge in [0, 0.05) is 24.7 Å². The van der Waals surface area contributed by atoms with E-state index in [1.54, 1.807) is 12.1 Å². The summed E-state index contributed by atoms with van der Waals surface area (Å²) in [6.45, 7) is 3.23. The fourth-order valence-electron chi connectivity index (χ4n) is 3.21. The first-order chi connectivity index (χ1) is 16.6. The summed E-state index contributed by atoms with van der Waals surface area (Å²) < 4.78 is 0. The summed E-state index contributed by atoms with van der Waals surface area (Å²) in [5.41, 5.74) is 7.18. The lowest BCUT2D eigenvalue weighted by molar-refractivity contribution is -0.141. The highest BCUT2D eigenvalue weighted by molar-refractivity contribution is 5.92. The van der Waals surface area contributed by atoms with E-state index < -0.39 is 48.4 Å². The van der Waals surface area contributed by atoms with E-state index in [0.29, 0.717) is 17.7 Å². The van der Waals surface area contributed by atoms with Crippen molar-refractivity contribution in [2.75, 3.05) is 6.54 Å². The van der Waals surface area contributed by atoms with Crippen molar-refractivity contribution < 1.29 is 29.4 Å². The lowest BCUT2D eigenvalue weighted by Crippen LogP contribution is -2.55. The van der Waals surface area contributed by atoms with Gasteiger partial charge in [-0.25, -0.2) is 9.78 Å². The number of carboxylic acid groups (broad SMARTS) is 1. The van der Waals surface area contributed by atoms with Gasteiger partial charge in [-0.1, -0.05) is 32.4 Å². The van der Waals surface area contributed by atoms with Gasteiger partial charge in [0.2, 0.25) is 17.7 Å². The number of hydrogen-bond acceptors (Lipinski definition) is 7. The molecule has 0 spiro atoms. The highest BCUT2D eigenvalue weighted by Gasteiger charge is 2.27. The van der Waals surface area contributed by atoms with Gasteiger partial charge < -0.3 is 36.9 Å². The van der Waals surface area contributed by atoms with Crippen LogP contribution in [0.5, 0.6) is 5.75 Å². The van der Waals surface area contributed by atoms with Crippen LogP contribution in [0.25, 0.3) is 0 Å². The maximum absolute atomic E-state index is 12.9. The molecule has 0 aliphatic carbocycles. The molecule has 0 aliphatic rings. The van der Waals surface area contributed by atoms with Crippen LogP contribution in [0.15, 0.2) is 36.8 Å². The number of aromatic amines is 1. The Hall–Kier alpha value is -3.93. The van der Waals surface area contributed by atoms with Gasteiger partial charge in [-0.05, 0) is 23.6 Å². The summed E-state index contributed by atoms with van der Waals surface area (Å²) in [7, 11) is 0. The number of nitrogens with zero attached hydrogens (tertiary/aromatic N) is 1. The van der Waals surface area contributed by atoms with Gasteiger partial charge in [-0.2, -0.15) is 0 Å². The number of aromatic nitrogens is 2. The highest BCUT2D eigenvalue weighted by atomic mass is 16.4. The molecule has 3 amide bonds. The first kappa shape index (κ1) is 27.3. The largest absolute Gasteiger partial charge is 0.508 e. The molecule has 12 heteroatoms. The number of aliphatic carboxylic acids is 1. The Morgan fingerprint density at radius 1 is 1.06 bits per heavy atom. The van der Waals surface area contributed by atoms with Gasteiger partial charge in [-0.3, -0.25) is 14.4 Å². The first-order valence-corrected chi connectivity index (χ1v) is 11.2. The molecule has 1 aromatic heterocycles. The molecule has 4 unspecified atom stereocenters. The Labute approximate surface area is 202 Å². The normalized spacial score (nSPS) is 14.3. The van der Waals surface area contributed by atoms with Crippen LogP contribution in [0.4, 0.5) is 0 Å². The second-order valence-corrected chi connectivity index (χ2v) is 8.30. The molecule has 2 rings (SSSR count). The van der Waals surface area contributed by atoms with E-state index in [-0.39, 0.29) is 24.5 Å². The van der Waals surface area contributed by atoms with Gasteiger partial charge >= 0.3 is 5.97 Å². The molecular weight excluding hydrogens is 456 g/mol. The molecule has 35 heavy (non-hydrogen) atoms. The maximum Gasteiger partial charge on any atom is 0.326 e. The van der Waals surface area contributed by atoms with Gasteiger partial charge in [0.25, 0.3) is 0 Å². The third kappa shape index (κ3) is 8.74. The molecule has 1 aromatic carbocycles. The standard InChI is InChI=1S/C23H32N6O6/c1-3-13(2)20(24)22(33)29-17(8-14-4-6-16(30)7-5-14)21(32)26-11-19(31)28-18(23(34)35)9-15-10-25-12-27-15/h4-7,10,12-13,17-18,20,30H,3,8-9,11,24H2,1-2H3,(H,25,27)(H,26,32)(H,28,31)(H,29,33)(H,34,35). The van der Waals surface area contributed by atoms with Crippen molar-refractivity contribution in [2.24, 2.45) is 11.7 Å². The molecule has 12 nitrogen and oxygen atoms in total. The fraction of sp³-hybridized carbons (Fsp3) is 0.435. The number of rotatable bonds is 13. The number of nitrogens with two attached hydrogens (primary N) is 1. The number of aromatic hydroxyl groups is 1. The summed E-state index contributed by atoms with van der Waals surface area (Å²) in [6, 6.07) is 3.03. The lowest BCUT2D eigenvalue weighted by Gasteiger charge is -2.23. The summed E-state index contributed by atoms with van der Waals surface area (Å²) in [4.78, 5) is 55.8. The second-order valence-electron chi connectivity index (χ2n) is 8.30. The molecule has 8 N–H and O–H groups in total. The van der Waals surface area contributed by atoms with Crippen LogP contribution < -0.4 is 21.7 Å². The average molecular weight is 489 g/mol. The summed E-state index contributed by atoms with van der Waals surface area (Å²) in [5.74, 6) is -3.16. The monoisotopic (exact) mass is 488 g/mol. The highest BCUT2D eigenvalue weighted by Crippen LogP contribution is 2.12. The number of carbonyl (C=O) groups is 4. The first-order valence-electron chi connectivity index (χ1n) is 11.2. The van der Waals surface area contributed by atoms with E-state index in [4.69, 9.17) is 5.73 Å². The third-order valence-electron chi connectivity index (χ3n) is 5.60. The number of phenols is 1. The molecule has 0 fully saturated rings. The van der Waals surface area contributed by atoms with Crippen LogP contribution in [0.1, 0.15) is 31.5 Å². The van der Waals surface area contributed by atoms with Crippen molar-refractivity contribution in [3.63, 3.8) is 0 Å². The smallest absolute Gasteiger partial charge is 0.326 e. The minimum absolute atomic E-state index is 0.0118. The Bertz CT molecular complexity index is 994. The molecule has 0 aliphatic heterocycles. The van der Waals surface area contributed by atoms with Crippen LogP contribution in [0.2, 0.25) is 0 Å². The molecular formula is C23H32N6O6. The number of carboxylic acids is 1. The van der Waals surface area contributed by atoms with Crippen LogP contribution in [-0.2, 0) is 32.0 Å². The van der Waals surface area contributed by atoms with Crippen LogP contribution in [-0.4, -0.2) is 68.5 Å². The van der Waals surface area contributed by atoms with E-state index in [9.17, 15) is 29.4 Å². The number of hydrogen-bond donors (Lipinski definition) is 7. The predicted molar refractivity (Wildman–Crippen MR) is 126 cm³/mol. The molecule has 1 heterocycles. The molecule has 2 aromatic rings. The number of amides is 3. The molecule has 190 valence electrons. The van der Waals surface area contributed by atoms with Gasteiger partial charge in [0.1, 0.15) is 17.8 Å². The molecule has 0 bridgehead atoms. The number of phenolic OH excluding ortho intramolecular Hbond substituents is 1. The number of imidazole rings is 1. The van der Waals surface area contributed by atoms with E-state index in [1.165, 1.54) is 24.7 Å². The second kappa shape index (κ2) is 13.1. The maximum atomic E-state index is 12.9. The minimum Gasteiger partial charge on any atom is -0.508 e. The number of nitrogens with one attached hydrogen (secondary N) is 4. The van der Waals surface area contributed by atoms with Gasteiger partial charge in [0.05, 0.1) is 18.9 Å². The average Bonchev–Trinajstić information content (AvgIpc) is 3.35. The zero-order chi connectivity index (χ0) is 26.0. The number of carbonyl (C=O) groups excluding carboxylic acids is 3. The van der Waals surface area contributed by atoms with Crippen molar-refractivity contribution in [1.29, 1.82) is 0 Å². The summed E-state index contributed by atoms with van der Waals surface area (Å²) in [6.07, 6.45) is 3.59. The third-order valence-corrected chi connectivity index (χ3v) is 5.60. The van der Waals surface area contributed by atoms with Crippen molar-refractivity contribution in [2.45, 2.75) is 51.2 Å². The number of benzene rings is 1. The van der Waals surface area contributed by atoms with E-state index >= 15 is 0 Å². The molecule has 0 radical (unpaired) electrons. The van der Waals surface area contributed by atoms with Crippen molar-refractivity contribution in [1.82, 2.24) is 25.9 Å². The summed E-state index contributed by atoms with van der Waals surface area (Å²) >= 11 is 0. The fourth-order valence-corrected chi connectivity index (χ4v) is 3.21. The quantitative estimate of drug-likeness (QED) is 0.194. The molecule has 0 saturated heterocycles. The van der Waals surface area contributed by atoms with Crippen LogP contribution >= 0.6 is 0 Å². The Morgan fingerprint density at radius 3 is 2.31 bits per heavy atom. The van der Waals surface area contributed by atoms with E-state index in [0.717, 1.165) is 0 Å². The van der Waals surface area contributed by atoms with Crippen molar-refractivity contribution >= 4 is 23.7 Å². The van der Waals surface area contributed by atoms with Crippen molar-refractivity contribution in [3.05, 3.63) is 48.0 Å². The van der Waals surface area contributed by atoms with Crippen molar-refractivity contribution in [3.8, 4) is 5.75 Å². The Morgan fingerprint density at radius 2 is 1.74 bits per heavy atom. The Kier molecular flexibility index (Phi) is 10.2. The topological polar surface area (TPSA) is 200 Å². The zero-order valence-electron chi connectivity index (χ0n) is 19.7. The molecule has 4 atom stereocenters. The summed E-state index contributed by atoms with van der Waals surface area (Å²) in [5, 5.41) is 26.3. The minimum atomic E-state index is -1.24. The predicted octanol–water partition coefficient (Wildman–Crippen LogP) is -0.556. The van der Waals surface area contributed by atoms with E-state index in [2.05, 4.69) is 25.9 Å². The molecule has 0 saturated carbocycles. The van der Waals surface area contributed by atoms with Crippen LogP contribution in [0, 0.1) is 5.92 Å².